The molecule has 0 radical (unpaired) electrons. The zero-order valence-corrected chi connectivity index (χ0v) is 30.8. The van der Waals surface area contributed by atoms with Gasteiger partial charge < -0.3 is 52.5 Å². The summed E-state index contributed by atoms with van der Waals surface area (Å²) in [5, 5.41) is 49.9. The summed E-state index contributed by atoms with van der Waals surface area (Å²) < 4.78 is 0. The van der Waals surface area contributed by atoms with E-state index in [1.807, 2.05) is 20.8 Å². The number of carboxylic acids is 3. The summed E-state index contributed by atoms with van der Waals surface area (Å²) in [5.41, 5.74) is 0. The Labute approximate surface area is 308 Å². The standard InChI is InChI=1S/C30H58N8O9.2CO2/c1-4-11-22(27(42)43)37-29(46)34-16-10-6-8-15-32-20-36-24(26(41)21(2)3)18-33-19-31-14-7-5-9-17-35-30(47)38-23(28(44)45)12-13-25(39)40;2*2-1-3/h21-24,31-33,36H,4-20H2,1-3H3,(H,39,40)(H,42,43)(H,44,45)(H2,34,37,46)(H2,35,38,47);;. The Morgan fingerprint density at radius 3 is 1.43 bits per heavy atom. The number of carboxylic acid groups (broad SMARTS) is 3. The molecule has 0 saturated carbocycles. The minimum atomic E-state index is -1.28. The minimum absolute atomic E-state index is 0.112. The summed E-state index contributed by atoms with van der Waals surface area (Å²) >= 11 is 0. The largest absolute Gasteiger partial charge is 0.481 e. The second kappa shape index (κ2) is 37.0. The fourth-order valence-electron chi connectivity index (χ4n) is 4.35. The van der Waals surface area contributed by atoms with E-state index in [1.54, 1.807) is 0 Å². The van der Waals surface area contributed by atoms with Gasteiger partial charge in [-0.3, -0.25) is 14.9 Å². The van der Waals surface area contributed by atoms with E-state index in [2.05, 4.69) is 42.5 Å². The molecule has 0 heterocycles. The molecule has 0 saturated heterocycles. The van der Waals surface area contributed by atoms with Crippen LogP contribution in [0.3, 0.4) is 0 Å². The van der Waals surface area contributed by atoms with Gasteiger partial charge in [0.1, 0.15) is 12.1 Å². The van der Waals surface area contributed by atoms with Crippen LogP contribution in [0.5, 0.6) is 0 Å². The predicted octanol–water partition coefficient (Wildman–Crippen LogP) is -0.803. The van der Waals surface area contributed by atoms with E-state index in [9.17, 15) is 28.8 Å². The van der Waals surface area contributed by atoms with Crippen LogP contribution in [0.1, 0.15) is 85.0 Å². The SMILES string of the molecule is CCCC(NC(=O)NCCCCCNCNC(CNCNCCCCCNC(=O)NC(CCC(=O)O)C(=O)O)C(=O)C(C)C)C(=O)O.O=C=O.O=C=O. The highest BCUT2D eigenvalue weighted by Gasteiger charge is 2.21. The monoisotopic (exact) mass is 762 g/mol. The molecule has 0 rings (SSSR count). The average molecular weight is 763 g/mol. The van der Waals surface area contributed by atoms with Gasteiger partial charge in [-0.15, -0.1) is 0 Å². The third-order valence-corrected chi connectivity index (χ3v) is 7.05. The fraction of sp³-hybridized carbons (Fsp3) is 0.750. The highest BCUT2D eigenvalue weighted by molar-refractivity contribution is 5.86. The minimum Gasteiger partial charge on any atom is -0.481 e. The smallest absolute Gasteiger partial charge is 0.373 e. The molecule has 0 aliphatic carbocycles. The summed E-state index contributed by atoms with van der Waals surface area (Å²) in [6.45, 7) is 9.33. The number of unbranched alkanes of at least 4 members (excludes halogenated alkanes) is 4. The van der Waals surface area contributed by atoms with Crippen molar-refractivity contribution in [3.8, 4) is 0 Å². The lowest BCUT2D eigenvalue weighted by atomic mass is 10.0. The van der Waals surface area contributed by atoms with Crippen LogP contribution in [0.25, 0.3) is 0 Å². The van der Waals surface area contributed by atoms with Crippen LogP contribution in [-0.4, -0.2) is 128 Å². The van der Waals surface area contributed by atoms with Crippen molar-refractivity contribution in [2.75, 3.05) is 46.1 Å². The van der Waals surface area contributed by atoms with Gasteiger partial charge in [0, 0.05) is 45.3 Å². The highest BCUT2D eigenvalue weighted by atomic mass is 16.4. The summed E-state index contributed by atoms with van der Waals surface area (Å²) in [5.74, 6) is -3.46. The fourth-order valence-corrected chi connectivity index (χ4v) is 4.35. The number of rotatable bonds is 30. The molecule has 0 fully saturated rings. The van der Waals surface area contributed by atoms with Gasteiger partial charge in [0.15, 0.2) is 5.78 Å². The molecule has 3 unspecified atom stereocenters. The molecular weight excluding hydrogens is 704 g/mol. The third kappa shape index (κ3) is 35.4. The average Bonchev–Trinajstić information content (AvgIpc) is 3.09. The number of amides is 4. The number of urea groups is 2. The van der Waals surface area contributed by atoms with Gasteiger partial charge in [-0.25, -0.2) is 19.2 Å². The number of ketones is 1. The lowest BCUT2D eigenvalue weighted by Crippen LogP contribution is -2.50. The number of aliphatic carboxylic acids is 3. The van der Waals surface area contributed by atoms with Crippen molar-refractivity contribution >= 4 is 48.1 Å². The van der Waals surface area contributed by atoms with E-state index in [1.165, 1.54) is 0 Å². The molecule has 3 atom stereocenters. The first-order valence-electron chi connectivity index (χ1n) is 17.4. The quantitative estimate of drug-likeness (QED) is 0.0315. The highest BCUT2D eigenvalue weighted by Crippen LogP contribution is 2.01. The molecule has 4 amide bonds. The van der Waals surface area contributed by atoms with E-state index in [4.69, 9.17) is 34.5 Å². The van der Waals surface area contributed by atoms with Crippen LogP contribution in [0.2, 0.25) is 0 Å². The number of carbonyl (C=O) groups excluding carboxylic acids is 7. The maximum Gasteiger partial charge on any atom is 0.373 e. The van der Waals surface area contributed by atoms with Crippen LogP contribution < -0.4 is 42.5 Å². The van der Waals surface area contributed by atoms with E-state index in [-0.39, 0.29) is 42.9 Å². The first-order chi connectivity index (χ1) is 25.2. The summed E-state index contributed by atoms with van der Waals surface area (Å²) in [4.78, 5) is 102. The third-order valence-electron chi connectivity index (χ3n) is 7.05. The maximum absolute atomic E-state index is 12.6. The van der Waals surface area contributed by atoms with Crippen LogP contribution in [0.4, 0.5) is 9.59 Å². The molecule has 0 aromatic rings. The summed E-state index contributed by atoms with van der Waals surface area (Å²) in [6, 6.07) is -3.61. The number of nitrogens with one attached hydrogen (secondary N) is 8. The Kier molecular flexibility index (Phi) is 36.7. The normalized spacial score (nSPS) is 11.8. The molecule has 0 bridgehead atoms. The number of Topliss-reactive ketones (excluding diaryl/α,β-unsaturated/α-hetero) is 1. The zero-order chi connectivity index (χ0) is 40.9. The maximum atomic E-state index is 12.6. The van der Waals surface area contributed by atoms with Crippen LogP contribution in [0, 0.1) is 5.92 Å². The lowest BCUT2D eigenvalue weighted by Gasteiger charge is -2.21. The number of hydrogen-bond acceptors (Lipinski definition) is 14. The van der Waals surface area contributed by atoms with Crippen LogP contribution in [0.15, 0.2) is 0 Å². The Morgan fingerprint density at radius 1 is 0.585 bits per heavy atom. The Balaban J connectivity index is -0.00000387. The topological polar surface area (TPSA) is 328 Å². The molecule has 0 aliphatic rings. The van der Waals surface area contributed by atoms with Crippen molar-refractivity contribution in [3.63, 3.8) is 0 Å². The molecule has 0 spiro atoms. The van der Waals surface area contributed by atoms with E-state index < -0.39 is 42.1 Å². The van der Waals surface area contributed by atoms with Crippen LogP contribution in [-0.2, 0) is 38.4 Å². The van der Waals surface area contributed by atoms with Crippen molar-refractivity contribution in [2.24, 2.45) is 5.92 Å². The van der Waals surface area contributed by atoms with Crippen molar-refractivity contribution in [1.82, 2.24) is 42.5 Å². The Morgan fingerprint density at radius 2 is 1.02 bits per heavy atom. The van der Waals surface area contributed by atoms with Gasteiger partial charge >= 0.3 is 42.3 Å². The summed E-state index contributed by atoms with van der Waals surface area (Å²) in [7, 11) is 0. The number of hydrogen-bond donors (Lipinski definition) is 11. The Hall–Kier alpha value is -4.78. The molecule has 11 N–H and O–H groups in total. The van der Waals surface area contributed by atoms with Crippen molar-refractivity contribution < 1.29 is 63.3 Å². The van der Waals surface area contributed by atoms with Crippen LogP contribution >= 0.6 is 0 Å². The first-order valence-corrected chi connectivity index (χ1v) is 17.4. The Bertz CT molecular complexity index is 1100. The summed E-state index contributed by atoms with van der Waals surface area (Å²) in [6.07, 6.45) is 5.89. The van der Waals surface area contributed by atoms with Gasteiger partial charge in [-0.05, 0) is 51.6 Å². The lowest BCUT2D eigenvalue weighted by molar-refractivity contribution is -0.193. The number of carbonyl (C=O) groups is 6. The zero-order valence-electron chi connectivity index (χ0n) is 30.8. The predicted molar refractivity (Wildman–Crippen MR) is 186 cm³/mol. The van der Waals surface area contributed by atoms with Gasteiger partial charge in [0.2, 0.25) is 0 Å². The van der Waals surface area contributed by atoms with Gasteiger partial charge in [0.25, 0.3) is 0 Å². The van der Waals surface area contributed by atoms with Crippen molar-refractivity contribution in [1.29, 1.82) is 0 Å². The molecule has 0 aromatic heterocycles. The second-order valence-corrected chi connectivity index (χ2v) is 11.7. The molecule has 0 aromatic carbocycles. The molecule has 304 valence electrons. The van der Waals surface area contributed by atoms with E-state index in [0.717, 1.165) is 45.2 Å². The molecule has 53 heavy (non-hydrogen) atoms. The van der Waals surface area contributed by atoms with Crippen molar-refractivity contribution in [3.05, 3.63) is 0 Å². The van der Waals surface area contributed by atoms with Crippen molar-refractivity contribution in [2.45, 2.75) is 103 Å². The molecule has 21 heteroatoms. The molecule has 21 nitrogen and oxygen atoms in total. The molecular formula is C32H58N8O13. The van der Waals surface area contributed by atoms with E-state index in [0.29, 0.717) is 52.2 Å². The van der Waals surface area contributed by atoms with Gasteiger partial charge in [0.05, 0.1) is 6.04 Å². The second-order valence-electron chi connectivity index (χ2n) is 11.7. The first kappa shape index (κ1) is 52.6. The van der Waals surface area contributed by atoms with Gasteiger partial charge in [-0.2, -0.15) is 19.2 Å². The van der Waals surface area contributed by atoms with E-state index >= 15 is 0 Å². The van der Waals surface area contributed by atoms with Gasteiger partial charge in [-0.1, -0.05) is 40.0 Å². The molecule has 0 aliphatic heterocycles.